The van der Waals surface area contributed by atoms with Crippen LogP contribution in [0.2, 0.25) is 0 Å². The number of carbonyl (C=O) groups is 2. The monoisotopic (exact) mass is 623 g/mol. The Hall–Kier alpha value is -4.20. The van der Waals surface area contributed by atoms with Gasteiger partial charge in [-0.05, 0) is 48.0 Å². The van der Waals surface area contributed by atoms with Crippen molar-refractivity contribution in [2.75, 3.05) is 31.2 Å². The molecule has 2 aliphatic rings. The summed E-state index contributed by atoms with van der Waals surface area (Å²) in [5.41, 5.74) is 1.96. The minimum atomic E-state index is -0.375. The summed E-state index contributed by atoms with van der Waals surface area (Å²) in [5.74, 6) is 2.34. The zero-order valence-electron chi connectivity index (χ0n) is 22.8. The fraction of sp³-hybridized carbons (Fsp3) is 0.407. The lowest BCUT2D eigenvalue weighted by Gasteiger charge is -2.19. The van der Waals surface area contributed by atoms with Crippen molar-refractivity contribution < 1.29 is 19.1 Å². The molecule has 4 aromatic rings. The highest BCUT2D eigenvalue weighted by Gasteiger charge is 2.45. The molecule has 0 aromatic carbocycles. The van der Waals surface area contributed by atoms with Crippen LogP contribution in [0.4, 0.5) is 5.69 Å². The standard InChI is InChI=1S/C16H19N5O2.C11H11BrN4O2/c1-2-23-16(22)13-4-19-21(9-13)10-15-17-5-14(6-18-15)20-7-11-3-12(11)8-20;1-2-18-11(17)8-3-15-16(6-8)7-10-13-4-9(12)5-14-10/h4-6,9,11-12H,2-3,7-8,10H2,1H3;3-6H,2,7H2,1H3. The van der Waals surface area contributed by atoms with Gasteiger partial charge in [-0.15, -0.1) is 0 Å². The SMILES string of the molecule is CCOC(=O)c1cnn(Cc2ncc(Br)cn2)c1.CCOC(=O)c1cnn(Cc2ncc(N3CC4CC4C3)cn2)c1. The second-order valence-electron chi connectivity index (χ2n) is 9.63. The van der Waals surface area contributed by atoms with Crippen molar-refractivity contribution in [2.24, 2.45) is 11.8 Å². The topological polar surface area (TPSA) is 143 Å². The van der Waals surface area contributed by atoms with Gasteiger partial charge in [0.2, 0.25) is 0 Å². The van der Waals surface area contributed by atoms with Crippen LogP contribution in [0.15, 0.2) is 54.0 Å². The molecule has 14 heteroatoms. The molecule has 1 saturated heterocycles. The lowest BCUT2D eigenvalue weighted by atomic mass is 10.4. The van der Waals surface area contributed by atoms with E-state index in [-0.39, 0.29) is 11.9 Å². The Kier molecular flexibility index (Phi) is 8.97. The molecule has 214 valence electrons. The van der Waals surface area contributed by atoms with Crippen LogP contribution < -0.4 is 4.90 Å². The third-order valence-corrected chi connectivity index (χ3v) is 7.01. The smallest absolute Gasteiger partial charge is 0.341 e. The maximum absolute atomic E-state index is 11.6. The van der Waals surface area contributed by atoms with Crippen molar-refractivity contribution in [3.05, 3.63) is 76.8 Å². The van der Waals surface area contributed by atoms with Crippen LogP contribution in [0.5, 0.6) is 0 Å². The highest BCUT2D eigenvalue weighted by atomic mass is 79.9. The Morgan fingerprint density at radius 1 is 0.780 bits per heavy atom. The fourth-order valence-corrected chi connectivity index (χ4v) is 4.66. The summed E-state index contributed by atoms with van der Waals surface area (Å²) in [5, 5.41) is 8.22. The van der Waals surface area contributed by atoms with E-state index in [2.05, 4.69) is 51.0 Å². The maximum Gasteiger partial charge on any atom is 0.341 e. The third kappa shape index (κ3) is 7.51. The molecular formula is C27H30BrN9O4. The van der Waals surface area contributed by atoms with E-state index in [1.165, 1.54) is 18.8 Å². The highest BCUT2D eigenvalue weighted by Crippen LogP contribution is 2.46. The summed E-state index contributed by atoms with van der Waals surface area (Å²) < 4.78 is 13.9. The number of aromatic nitrogens is 8. The zero-order chi connectivity index (χ0) is 28.8. The Morgan fingerprint density at radius 3 is 1.71 bits per heavy atom. The number of hydrogen-bond donors (Lipinski definition) is 0. The molecule has 2 atom stereocenters. The number of ether oxygens (including phenoxy) is 2. The highest BCUT2D eigenvalue weighted by molar-refractivity contribution is 9.10. The van der Waals surface area contributed by atoms with Gasteiger partial charge < -0.3 is 14.4 Å². The van der Waals surface area contributed by atoms with Crippen LogP contribution in [0.25, 0.3) is 0 Å². The number of hydrogen-bond acceptors (Lipinski definition) is 11. The van der Waals surface area contributed by atoms with Crippen molar-refractivity contribution in [3.63, 3.8) is 0 Å². The van der Waals surface area contributed by atoms with Gasteiger partial charge in [0.1, 0.15) is 24.7 Å². The van der Waals surface area contributed by atoms with Crippen LogP contribution in [0.3, 0.4) is 0 Å². The van der Waals surface area contributed by atoms with Gasteiger partial charge in [0.15, 0.2) is 0 Å². The van der Waals surface area contributed by atoms with Crippen LogP contribution in [-0.2, 0) is 22.6 Å². The van der Waals surface area contributed by atoms with Crippen LogP contribution in [0.1, 0.15) is 52.6 Å². The molecule has 4 aromatic heterocycles. The number of fused-ring (bicyclic) bond motifs is 1. The summed E-state index contributed by atoms with van der Waals surface area (Å²) >= 11 is 3.26. The van der Waals surface area contributed by atoms with Gasteiger partial charge in [0, 0.05) is 37.9 Å². The van der Waals surface area contributed by atoms with E-state index in [0.29, 0.717) is 49.1 Å². The first kappa shape index (κ1) is 28.3. The van der Waals surface area contributed by atoms with Gasteiger partial charge >= 0.3 is 11.9 Å². The Labute approximate surface area is 245 Å². The quantitative estimate of drug-likeness (QED) is 0.254. The van der Waals surface area contributed by atoms with Gasteiger partial charge in [-0.1, -0.05) is 0 Å². The molecular weight excluding hydrogens is 594 g/mol. The summed E-state index contributed by atoms with van der Waals surface area (Å²) in [4.78, 5) is 42.5. The molecule has 1 saturated carbocycles. The third-order valence-electron chi connectivity index (χ3n) is 6.61. The molecule has 0 bridgehead atoms. The van der Waals surface area contributed by atoms with Gasteiger partial charge in [0.25, 0.3) is 0 Å². The van der Waals surface area contributed by atoms with Gasteiger partial charge in [0.05, 0.1) is 59.3 Å². The summed E-state index contributed by atoms with van der Waals surface area (Å²) in [6, 6.07) is 0. The van der Waals surface area contributed by atoms with Crippen molar-refractivity contribution in [1.29, 1.82) is 0 Å². The van der Waals surface area contributed by atoms with Crippen LogP contribution in [-0.4, -0.2) is 77.7 Å². The molecule has 0 N–H and O–H groups in total. The largest absolute Gasteiger partial charge is 0.462 e. The molecule has 13 nitrogen and oxygen atoms in total. The normalized spacial score (nSPS) is 16.9. The number of nitrogens with zero attached hydrogens (tertiary/aromatic N) is 9. The summed E-state index contributed by atoms with van der Waals surface area (Å²) in [6.45, 7) is 7.36. The second kappa shape index (κ2) is 13.0. The lowest BCUT2D eigenvalue weighted by Crippen LogP contribution is -2.22. The predicted molar refractivity (Wildman–Crippen MR) is 150 cm³/mol. The van der Waals surface area contributed by atoms with E-state index in [0.717, 1.165) is 35.1 Å². The van der Waals surface area contributed by atoms with E-state index < -0.39 is 0 Å². The number of esters is 2. The molecule has 5 heterocycles. The number of halogens is 1. The zero-order valence-corrected chi connectivity index (χ0v) is 24.3. The van der Waals surface area contributed by atoms with E-state index >= 15 is 0 Å². The van der Waals surface area contributed by atoms with E-state index in [1.54, 1.807) is 48.0 Å². The number of carbonyl (C=O) groups excluding carboxylic acids is 2. The molecule has 0 radical (unpaired) electrons. The fourth-order valence-electron chi connectivity index (χ4n) is 4.45. The minimum Gasteiger partial charge on any atom is -0.462 e. The Bertz CT molecular complexity index is 1460. The van der Waals surface area contributed by atoms with Crippen molar-refractivity contribution >= 4 is 33.6 Å². The van der Waals surface area contributed by atoms with Gasteiger partial charge in [-0.25, -0.2) is 29.5 Å². The van der Waals surface area contributed by atoms with E-state index in [1.807, 2.05) is 12.4 Å². The molecule has 1 aliphatic carbocycles. The van der Waals surface area contributed by atoms with E-state index in [4.69, 9.17) is 9.47 Å². The average Bonchev–Trinajstić information content (AvgIpc) is 3.36. The summed E-state index contributed by atoms with van der Waals surface area (Å²) in [7, 11) is 0. The molecule has 41 heavy (non-hydrogen) atoms. The van der Waals surface area contributed by atoms with Crippen molar-refractivity contribution in [2.45, 2.75) is 33.4 Å². The van der Waals surface area contributed by atoms with Crippen LogP contribution >= 0.6 is 15.9 Å². The molecule has 2 fully saturated rings. The lowest BCUT2D eigenvalue weighted by molar-refractivity contribution is 0.0516. The van der Waals surface area contributed by atoms with Gasteiger partial charge in [-0.2, -0.15) is 10.2 Å². The average molecular weight is 624 g/mol. The second-order valence-corrected chi connectivity index (χ2v) is 10.5. The minimum absolute atomic E-state index is 0.347. The molecule has 6 rings (SSSR count). The Morgan fingerprint density at radius 2 is 1.24 bits per heavy atom. The number of anilines is 1. The number of piperidine rings is 1. The first-order valence-electron chi connectivity index (χ1n) is 13.3. The molecule has 2 unspecified atom stereocenters. The van der Waals surface area contributed by atoms with Crippen molar-refractivity contribution in [3.8, 4) is 0 Å². The summed E-state index contributed by atoms with van der Waals surface area (Å²) in [6.07, 6.45) is 14.7. The number of rotatable bonds is 9. The molecule has 1 aliphatic heterocycles. The predicted octanol–water partition coefficient (Wildman–Crippen LogP) is 3.01. The molecule has 0 amide bonds. The maximum atomic E-state index is 11.6. The van der Waals surface area contributed by atoms with Crippen LogP contribution in [0, 0.1) is 11.8 Å². The van der Waals surface area contributed by atoms with Crippen molar-refractivity contribution in [1.82, 2.24) is 39.5 Å². The van der Waals surface area contributed by atoms with Gasteiger partial charge in [-0.3, -0.25) is 9.36 Å². The first-order valence-corrected chi connectivity index (χ1v) is 14.1. The Balaban J connectivity index is 0.000000170. The first-order chi connectivity index (χ1) is 19.9. The molecule has 0 spiro atoms. The van der Waals surface area contributed by atoms with E-state index in [9.17, 15) is 9.59 Å².